The quantitative estimate of drug-likeness (QED) is 0.864. The third-order valence-corrected chi connectivity index (χ3v) is 5.19. The lowest BCUT2D eigenvalue weighted by molar-refractivity contribution is -0.137. The van der Waals surface area contributed by atoms with Gasteiger partial charge in [-0.15, -0.1) is 0 Å². The van der Waals surface area contributed by atoms with Crippen LogP contribution in [0.2, 0.25) is 10.0 Å². The molecule has 1 unspecified atom stereocenters. The first-order valence-corrected chi connectivity index (χ1v) is 8.07. The molecule has 0 aliphatic rings. The maximum Gasteiger partial charge on any atom is 0.318 e. The summed E-state index contributed by atoms with van der Waals surface area (Å²) in [6, 6.07) is 3.46. The minimum atomic E-state index is -3.97. The van der Waals surface area contributed by atoms with E-state index >= 15 is 0 Å². The minimum Gasteiger partial charge on any atom is -0.480 e. The largest absolute Gasteiger partial charge is 0.480 e. The number of rotatable bonds is 6. The molecule has 0 bridgehead atoms. The SMILES string of the molecule is CCC(C)N(CC(=O)O)S(=O)(=O)c1cc(Cl)cc(Cl)c1. The highest BCUT2D eigenvalue weighted by Gasteiger charge is 2.30. The average molecular weight is 340 g/mol. The summed E-state index contributed by atoms with van der Waals surface area (Å²) in [6.07, 6.45) is 0.487. The van der Waals surface area contributed by atoms with E-state index in [4.69, 9.17) is 28.3 Å². The molecular formula is C12H15Cl2NO4S. The molecule has 0 saturated heterocycles. The predicted octanol–water partition coefficient (Wildman–Crippen LogP) is 2.87. The molecule has 0 fully saturated rings. The van der Waals surface area contributed by atoms with Gasteiger partial charge in [0.15, 0.2) is 0 Å². The normalized spacial score (nSPS) is 13.4. The first-order valence-electron chi connectivity index (χ1n) is 5.88. The number of hydrogen-bond acceptors (Lipinski definition) is 3. The van der Waals surface area contributed by atoms with Crippen LogP contribution in [0.4, 0.5) is 0 Å². The second-order valence-corrected chi connectivity index (χ2v) is 7.07. The average Bonchev–Trinajstić information content (AvgIpc) is 2.33. The molecule has 1 rings (SSSR count). The van der Waals surface area contributed by atoms with Crippen molar-refractivity contribution in [1.82, 2.24) is 4.31 Å². The van der Waals surface area contributed by atoms with Gasteiger partial charge >= 0.3 is 5.97 Å². The molecule has 0 radical (unpaired) electrons. The Hall–Kier alpha value is -0.820. The van der Waals surface area contributed by atoms with E-state index in [1.54, 1.807) is 13.8 Å². The lowest BCUT2D eigenvalue weighted by Gasteiger charge is -2.26. The number of nitrogens with zero attached hydrogens (tertiary/aromatic N) is 1. The summed E-state index contributed by atoms with van der Waals surface area (Å²) in [7, 11) is -3.97. The van der Waals surface area contributed by atoms with Crippen LogP contribution in [0.1, 0.15) is 20.3 Å². The third kappa shape index (κ3) is 4.09. The van der Waals surface area contributed by atoms with Crippen molar-refractivity contribution < 1.29 is 18.3 Å². The lowest BCUT2D eigenvalue weighted by Crippen LogP contribution is -2.41. The summed E-state index contributed by atoms with van der Waals surface area (Å²) in [5.41, 5.74) is 0. The molecule has 8 heteroatoms. The summed E-state index contributed by atoms with van der Waals surface area (Å²) in [4.78, 5) is 10.8. The molecule has 0 aliphatic carbocycles. The van der Waals surface area contributed by atoms with Crippen LogP contribution in [0, 0.1) is 0 Å². The van der Waals surface area contributed by atoms with Crippen molar-refractivity contribution in [2.45, 2.75) is 31.2 Å². The number of halogens is 2. The zero-order valence-corrected chi connectivity index (χ0v) is 13.3. The molecule has 0 aromatic heterocycles. The summed E-state index contributed by atoms with van der Waals surface area (Å²) < 4.78 is 26.0. The van der Waals surface area contributed by atoms with Gasteiger partial charge < -0.3 is 5.11 Å². The van der Waals surface area contributed by atoms with Crippen molar-refractivity contribution in [3.8, 4) is 0 Å². The lowest BCUT2D eigenvalue weighted by atomic mass is 10.2. The van der Waals surface area contributed by atoms with Gasteiger partial charge in [0, 0.05) is 16.1 Å². The van der Waals surface area contributed by atoms with Crippen molar-refractivity contribution >= 4 is 39.2 Å². The highest BCUT2D eigenvalue weighted by Crippen LogP contribution is 2.26. The van der Waals surface area contributed by atoms with Crippen LogP contribution in [0.15, 0.2) is 23.1 Å². The van der Waals surface area contributed by atoms with Gasteiger partial charge in [0.25, 0.3) is 0 Å². The van der Waals surface area contributed by atoms with Gasteiger partial charge in [0.1, 0.15) is 6.54 Å². The van der Waals surface area contributed by atoms with Gasteiger partial charge in [0.05, 0.1) is 4.90 Å². The first kappa shape index (κ1) is 17.2. The molecule has 0 saturated carbocycles. The highest BCUT2D eigenvalue weighted by molar-refractivity contribution is 7.89. The van der Waals surface area contributed by atoms with Crippen molar-refractivity contribution in [2.75, 3.05) is 6.54 Å². The van der Waals surface area contributed by atoms with Crippen molar-refractivity contribution in [3.63, 3.8) is 0 Å². The van der Waals surface area contributed by atoms with E-state index < -0.39 is 28.6 Å². The molecular weight excluding hydrogens is 325 g/mol. The molecule has 20 heavy (non-hydrogen) atoms. The second kappa shape index (κ2) is 6.76. The van der Waals surface area contributed by atoms with Gasteiger partial charge in [-0.3, -0.25) is 4.79 Å². The first-order chi connectivity index (χ1) is 9.18. The van der Waals surface area contributed by atoms with E-state index in [-0.39, 0.29) is 14.9 Å². The fraction of sp³-hybridized carbons (Fsp3) is 0.417. The molecule has 5 nitrogen and oxygen atoms in total. The Morgan fingerprint density at radius 3 is 2.20 bits per heavy atom. The van der Waals surface area contributed by atoms with Crippen LogP contribution < -0.4 is 0 Å². The molecule has 1 aromatic rings. The van der Waals surface area contributed by atoms with Gasteiger partial charge in [-0.25, -0.2) is 8.42 Å². The highest BCUT2D eigenvalue weighted by atomic mass is 35.5. The van der Waals surface area contributed by atoms with Crippen molar-refractivity contribution in [3.05, 3.63) is 28.2 Å². The van der Waals surface area contributed by atoms with Crippen LogP contribution in [-0.4, -0.2) is 36.4 Å². The number of aliphatic carboxylic acids is 1. The van der Waals surface area contributed by atoms with Crippen LogP contribution in [-0.2, 0) is 14.8 Å². The molecule has 0 amide bonds. The Bertz CT molecular complexity index is 583. The van der Waals surface area contributed by atoms with E-state index in [0.29, 0.717) is 6.42 Å². The zero-order valence-electron chi connectivity index (χ0n) is 11.0. The number of carbonyl (C=O) groups is 1. The van der Waals surface area contributed by atoms with E-state index in [9.17, 15) is 13.2 Å². The van der Waals surface area contributed by atoms with E-state index in [1.807, 2.05) is 0 Å². The Balaban J connectivity index is 3.31. The topological polar surface area (TPSA) is 74.7 Å². The molecule has 1 atom stereocenters. The smallest absolute Gasteiger partial charge is 0.318 e. The van der Waals surface area contributed by atoms with E-state index in [2.05, 4.69) is 0 Å². The monoisotopic (exact) mass is 339 g/mol. The van der Waals surface area contributed by atoms with Crippen LogP contribution in [0.25, 0.3) is 0 Å². The van der Waals surface area contributed by atoms with E-state index in [0.717, 1.165) is 4.31 Å². The molecule has 0 heterocycles. The number of hydrogen-bond donors (Lipinski definition) is 1. The maximum absolute atomic E-state index is 12.5. The summed E-state index contributed by atoms with van der Waals surface area (Å²) in [5, 5.41) is 9.24. The maximum atomic E-state index is 12.5. The van der Waals surface area contributed by atoms with Gasteiger partial charge in [-0.2, -0.15) is 4.31 Å². The molecule has 0 aliphatic heterocycles. The molecule has 0 spiro atoms. The van der Waals surface area contributed by atoms with Crippen LogP contribution >= 0.6 is 23.2 Å². The molecule has 1 N–H and O–H groups in total. The number of carboxylic acids is 1. The number of carboxylic acid groups (broad SMARTS) is 1. The van der Waals surface area contributed by atoms with Crippen LogP contribution in [0.5, 0.6) is 0 Å². The van der Waals surface area contributed by atoms with Crippen molar-refractivity contribution in [1.29, 1.82) is 0 Å². The van der Waals surface area contributed by atoms with Gasteiger partial charge in [-0.1, -0.05) is 30.1 Å². The summed E-state index contributed by atoms with van der Waals surface area (Å²) in [6.45, 7) is 2.81. The van der Waals surface area contributed by atoms with E-state index in [1.165, 1.54) is 18.2 Å². The Labute approximate surface area is 128 Å². The minimum absolute atomic E-state index is 0.114. The third-order valence-electron chi connectivity index (χ3n) is 2.82. The van der Waals surface area contributed by atoms with Gasteiger partial charge in [-0.05, 0) is 31.5 Å². The fourth-order valence-electron chi connectivity index (χ4n) is 1.63. The van der Waals surface area contributed by atoms with Crippen LogP contribution in [0.3, 0.4) is 0 Å². The number of benzene rings is 1. The fourth-order valence-corrected chi connectivity index (χ4v) is 4.01. The Morgan fingerprint density at radius 2 is 1.80 bits per heavy atom. The second-order valence-electron chi connectivity index (χ2n) is 4.31. The summed E-state index contributed by atoms with van der Waals surface area (Å²) >= 11 is 11.6. The van der Waals surface area contributed by atoms with Gasteiger partial charge in [0.2, 0.25) is 10.0 Å². The van der Waals surface area contributed by atoms with Crippen molar-refractivity contribution in [2.24, 2.45) is 0 Å². The Morgan fingerprint density at radius 1 is 1.30 bits per heavy atom. The predicted molar refractivity (Wildman–Crippen MR) is 77.7 cm³/mol. The number of sulfonamides is 1. The standard InChI is InChI=1S/C12H15Cl2NO4S/c1-3-8(2)15(7-12(16)17)20(18,19)11-5-9(13)4-10(14)6-11/h4-6,8H,3,7H2,1-2H3,(H,16,17). The summed E-state index contributed by atoms with van der Waals surface area (Å²) in [5.74, 6) is -1.22. The Kier molecular flexibility index (Phi) is 5.82. The molecule has 112 valence electrons. The molecule has 1 aromatic carbocycles. The zero-order chi connectivity index (χ0) is 15.5.